The van der Waals surface area contributed by atoms with Gasteiger partial charge in [-0.05, 0) is 52.0 Å². The molecule has 0 bridgehead atoms. The fourth-order valence-corrected chi connectivity index (χ4v) is 2.97. The van der Waals surface area contributed by atoms with E-state index >= 15 is 0 Å². The molecule has 0 radical (unpaired) electrons. The third kappa shape index (κ3) is 6.73. The minimum Gasteiger partial charge on any atom is -0.394 e. The Hall–Kier alpha value is -0.120. The van der Waals surface area contributed by atoms with Crippen molar-refractivity contribution in [3.8, 4) is 0 Å². The Morgan fingerprint density at radius 2 is 2.00 bits per heavy atom. The van der Waals surface area contributed by atoms with Gasteiger partial charge in [0.05, 0.1) is 12.7 Å². The Balaban J connectivity index is 2.25. The van der Waals surface area contributed by atoms with E-state index in [0.717, 1.165) is 31.9 Å². The predicted molar refractivity (Wildman–Crippen MR) is 80.4 cm³/mol. The monoisotopic (exact) mass is 271 g/mol. The van der Waals surface area contributed by atoms with Crippen molar-refractivity contribution < 1.29 is 9.84 Å². The first-order valence-corrected chi connectivity index (χ1v) is 8.07. The maximum atomic E-state index is 9.56. The third-order valence-corrected chi connectivity index (χ3v) is 4.23. The Bertz CT molecular complexity index is 229. The Kier molecular flexibility index (Phi) is 7.96. The zero-order valence-corrected chi connectivity index (χ0v) is 13.1. The minimum atomic E-state index is -0.206. The van der Waals surface area contributed by atoms with Crippen LogP contribution >= 0.6 is 0 Å². The molecule has 3 heteroatoms. The molecule has 3 nitrogen and oxygen atoms in total. The van der Waals surface area contributed by atoms with Crippen LogP contribution in [0.4, 0.5) is 0 Å². The highest BCUT2D eigenvalue weighted by molar-refractivity contribution is 4.84. The van der Waals surface area contributed by atoms with E-state index in [1.54, 1.807) is 0 Å². The molecule has 1 rings (SSSR count). The van der Waals surface area contributed by atoms with Crippen molar-refractivity contribution in [3.63, 3.8) is 0 Å². The SMILES string of the molecule is CCCNC(C)(CO)CC(C)OCC1CCCCC1. The van der Waals surface area contributed by atoms with Gasteiger partial charge in [-0.15, -0.1) is 0 Å². The summed E-state index contributed by atoms with van der Waals surface area (Å²) in [4.78, 5) is 0. The van der Waals surface area contributed by atoms with E-state index in [-0.39, 0.29) is 18.2 Å². The first kappa shape index (κ1) is 16.9. The smallest absolute Gasteiger partial charge is 0.0611 e. The molecule has 0 amide bonds. The van der Waals surface area contributed by atoms with Gasteiger partial charge < -0.3 is 15.2 Å². The Morgan fingerprint density at radius 3 is 2.58 bits per heavy atom. The van der Waals surface area contributed by atoms with E-state index in [2.05, 4.69) is 26.1 Å². The molecule has 2 unspecified atom stereocenters. The molecule has 1 aliphatic carbocycles. The van der Waals surface area contributed by atoms with Crippen LogP contribution in [0.3, 0.4) is 0 Å². The zero-order valence-electron chi connectivity index (χ0n) is 13.1. The molecule has 1 saturated carbocycles. The lowest BCUT2D eigenvalue weighted by Gasteiger charge is -2.32. The summed E-state index contributed by atoms with van der Waals surface area (Å²) in [7, 11) is 0. The van der Waals surface area contributed by atoms with E-state index in [9.17, 15) is 5.11 Å². The first-order chi connectivity index (χ1) is 9.09. The van der Waals surface area contributed by atoms with Crippen molar-refractivity contribution >= 4 is 0 Å². The summed E-state index contributed by atoms with van der Waals surface area (Å²) in [6.07, 6.45) is 8.97. The van der Waals surface area contributed by atoms with Gasteiger partial charge in [-0.2, -0.15) is 0 Å². The van der Waals surface area contributed by atoms with Crippen LogP contribution in [0.25, 0.3) is 0 Å². The van der Waals surface area contributed by atoms with E-state index < -0.39 is 0 Å². The highest BCUT2D eigenvalue weighted by Crippen LogP contribution is 2.24. The second-order valence-corrected chi connectivity index (χ2v) is 6.50. The molecule has 19 heavy (non-hydrogen) atoms. The van der Waals surface area contributed by atoms with Gasteiger partial charge in [0.1, 0.15) is 0 Å². The molecular weight excluding hydrogens is 238 g/mol. The van der Waals surface area contributed by atoms with Crippen LogP contribution in [0, 0.1) is 5.92 Å². The molecule has 2 atom stereocenters. The normalized spacial score (nSPS) is 22.1. The Morgan fingerprint density at radius 1 is 1.32 bits per heavy atom. The summed E-state index contributed by atoms with van der Waals surface area (Å²) in [6.45, 7) is 8.38. The average Bonchev–Trinajstić information content (AvgIpc) is 2.44. The van der Waals surface area contributed by atoms with Crippen LogP contribution in [-0.4, -0.2) is 36.5 Å². The lowest BCUT2D eigenvalue weighted by atomic mass is 9.90. The number of aliphatic hydroxyl groups excluding tert-OH is 1. The van der Waals surface area contributed by atoms with Gasteiger partial charge in [0.2, 0.25) is 0 Å². The van der Waals surface area contributed by atoms with Crippen molar-refractivity contribution in [2.45, 2.75) is 77.4 Å². The summed E-state index contributed by atoms with van der Waals surface area (Å²) in [5.74, 6) is 0.764. The molecule has 0 aliphatic heterocycles. The molecular formula is C16H33NO2. The van der Waals surface area contributed by atoms with Gasteiger partial charge in [-0.3, -0.25) is 0 Å². The molecule has 0 saturated heterocycles. The zero-order chi connectivity index (χ0) is 14.1. The van der Waals surface area contributed by atoms with Crippen molar-refractivity contribution in [2.75, 3.05) is 19.8 Å². The van der Waals surface area contributed by atoms with Crippen LogP contribution in [0.15, 0.2) is 0 Å². The molecule has 0 aromatic rings. The highest BCUT2D eigenvalue weighted by atomic mass is 16.5. The molecule has 1 fully saturated rings. The molecule has 0 spiro atoms. The lowest BCUT2D eigenvalue weighted by Crippen LogP contribution is -2.48. The van der Waals surface area contributed by atoms with Crippen LogP contribution in [0.1, 0.15) is 65.7 Å². The largest absolute Gasteiger partial charge is 0.394 e. The fraction of sp³-hybridized carbons (Fsp3) is 1.00. The van der Waals surface area contributed by atoms with E-state index in [1.807, 2.05) is 0 Å². The van der Waals surface area contributed by atoms with Crippen molar-refractivity contribution in [1.29, 1.82) is 0 Å². The Labute approximate surface area is 119 Å². The highest BCUT2D eigenvalue weighted by Gasteiger charge is 2.26. The fourth-order valence-electron chi connectivity index (χ4n) is 2.97. The number of aliphatic hydroxyl groups is 1. The van der Waals surface area contributed by atoms with Crippen LogP contribution in [0.2, 0.25) is 0 Å². The molecule has 2 N–H and O–H groups in total. The van der Waals surface area contributed by atoms with Gasteiger partial charge in [0.15, 0.2) is 0 Å². The molecule has 1 aliphatic rings. The average molecular weight is 271 g/mol. The topological polar surface area (TPSA) is 41.5 Å². The second kappa shape index (κ2) is 8.93. The van der Waals surface area contributed by atoms with Gasteiger partial charge in [-0.25, -0.2) is 0 Å². The summed E-state index contributed by atoms with van der Waals surface area (Å²) in [5.41, 5.74) is -0.206. The van der Waals surface area contributed by atoms with Crippen LogP contribution in [0.5, 0.6) is 0 Å². The number of ether oxygens (including phenoxy) is 1. The second-order valence-electron chi connectivity index (χ2n) is 6.50. The number of nitrogens with one attached hydrogen (secondary N) is 1. The molecule has 0 aromatic heterocycles. The molecule has 0 heterocycles. The van der Waals surface area contributed by atoms with Gasteiger partial charge in [-0.1, -0.05) is 26.2 Å². The maximum absolute atomic E-state index is 9.56. The predicted octanol–water partition coefficient (Wildman–Crippen LogP) is 3.11. The van der Waals surface area contributed by atoms with E-state index in [0.29, 0.717) is 0 Å². The van der Waals surface area contributed by atoms with Crippen LogP contribution < -0.4 is 5.32 Å². The van der Waals surface area contributed by atoms with Gasteiger partial charge in [0, 0.05) is 12.1 Å². The van der Waals surface area contributed by atoms with E-state index in [1.165, 1.54) is 32.1 Å². The van der Waals surface area contributed by atoms with Crippen molar-refractivity contribution in [1.82, 2.24) is 5.32 Å². The maximum Gasteiger partial charge on any atom is 0.0611 e. The van der Waals surface area contributed by atoms with Gasteiger partial charge >= 0.3 is 0 Å². The molecule has 0 aromatic carbocycles. The van der Waals surface area contributed by atoms with Crippen molar-refractivity contribution in [3.05, 3.63) is 0 Å². The first-order valence-electron chi connectivity index (χ1n) is 8.07. The van der Waals surface area contributed by atoms with E-state index in [4.69, 9.17) is 4.74 Å². The standard InChI is InChI=1S/C16H33NO2/c1-4-10-17-16(3,13-18)11-14(2)19-12-15-8-6-5-7-9-15/h14-15,17-18H,4-13H2,1-3H3. The van der Waals surface area contributed by atoms with Gasteiger partial charge in [0.25, 0.3) is 0 Å². The number of rotatable bonds is 9. The number of hydrogen-bond acceptors (Lipinski definition) is 3. The van der Waals surface area contributed by atoms with Crippen LogP contribution in [-0.2, 0) is 4.74 Å². The summed E-state index contributed by atoms with van der Waals surface area (Å²) >= 11 is 0. The summed E-state index contributed by atoms with van der Waals surface area (Å²) in [6, 6.07) is 0. The minimum absolute atomic E-state index is 0.171. The number of hydrogen-bond donors (Lipinski definition) is 2. The lowest BCUT2D eigenvalue weighted by molar-refractivity contribution is 0.00402. The van der Waals surface area contributed by atoms with Crippen molar-refractivity contribution in [2.24, 2.45) is 5.92 Å². The quantitative estimate of drug-likeness (QED) is 0.677. The molecule has 114 valence electrons. The summed E-state index contributed by atoms with van der Waals surface area (Å²) in [5, 5.41) is 13.0. The third-order valence-electron chi connectivity index (χ3n) is 4.23. The summed E-state index contributed by atoms with van der Waals surface area (Å²) < 4.78 is 6.01.